The molecule has 0 aromatic rings. The predicted molar refractivity (Wildman–Crippen MR) is 72.7 cm³/mol. The zero-order valence-electron chi connectivity index (χ0n) is 12.5. The molecule has 2 N–H and O–H groups in total. The number of hydrogen-bond donors (Lipinski definition) is 2. The fraction of sp³-hybridized carbons (Fsp3) is 1.00. The van der Waals surface area contributed by atoms with Gasteiger partial charge in [-0.2, -0.15) is 13.2 Å². The van der Waals surface area contributed by atoms with Crippen molar-refractivity contribution in [1.29, 1.82) is 0 Å². The molecule has 2 unspecified atom stereocenters. The van der Waals surface area contributed by atoms with Gasteiger partial charge in [0.05, 0.1) is 13.2 Å². The number of piperazine rings is 1. The fourth-order valence-corrected chi connectivity index (χ4v) is 2.64. The second kappa shape index (κ2) is 7.06. The quantitative estimate of drug-likeness (QED) is 0.764. The third-order valence-electron chi connectivity index (χ3n) is 4.13. The topological polar surface area (TPSA) is 38.7 Å². The first kappa shape index (κ1) is 17.7. The van der Waals surface area contributed by atoms with E-state index in [1.54, 1.807) is 0 Å². The summed E-state index contributed by atoms with van der Waals surface area (Å²) in [6.45, 7) is 5.40. The average molecular weight is 297 g/mol. The first-order valence-electron chi connectivity index (χ1n) is 7.02. The Hall–Kier alpha value is -0.370. The van der Waals surface area contributed by atoms with Crippen molar-refractivity contribution in [2.45, 2.75) is 38.0 Å². The number of nitrogens with one attached hydrogen (secondary N) is 1. The van der Waals surface area contributed by atoms with Crippen LogP contribution in [0.4, 0.5) is 13.2 Å². The lowest BCUT2D eigenvalue weighted by atomic mass is 9.93. The Balaban J connectivity index is 2.41. The van der Waals surface area contributed by atoms with E-state index in [-0.39, 0.29) is 18.2 Å². The lowest BCUT2D eigenvalue weighted by Crippen LogP contribution is -2.54. The lowest BCUT2D eigenvalue weighted by Gasteiger charge is -2.41. The molecule has 1 saturated heterocycles. The molecule has 0 saturated carbocycles. The van der Waals surface area contributed by atoms with Crippen molar-refractivity contribution < 1.29 is 18.3 Å². The molecule has 0 bridgehead atoms. The molecule has 0 amide bonds. The molecule has 4 nitrogen and oxygen atoms in total. The molecule has 0 aromatic carbocycles. The molecule has 20 heavy (non-hydrogen) atoms. The second-order valence-electron chi connectivity index (χ2n) is 5.95. The zero-order chi connectivity index (χ0) is 15.4. The number of likely N-dealkylation sites (N-methyl/N-ethyl adjacent to an activating group) is 1. The Morgan fingerprint density at radius 3 is 2.15 bits per heavy atom. The van der Waals surface area contributed by atoms with Crippen LogP contribution in [0.25, 0.3) is 0 Å². The maximum atomic E-state index is 12.3. The van der Waals surface area contributed by atoms with E-state index in [1.165, 1.54) is 4.90 Å². The first-order chi connectivity index (χ1) is 9.19. The Kier molecular flexibility index (Phi) is 6.25. The van der Waals surface area contributed by atoms with E-state index in [1.807, 2.05) is 14.0 Å². The second-order valence-corrected chi connectivity index (χ2v) is 5.95. The van der Waals surface area contributed by atoms with E-state index >= 15 is 0 Å². The van der Waals surface area contributed by atoms with Crippen molar-refractivity contribution in [3.8, 4) is 0 Å². The Morgan fingerprint density at radius 1 is 1.20 bits per heavy atom. The number of halogens is 3. The van der Waals surface area contributed by atoms with Gasteiger partial charge in [-0.15, -0.1) is 0 Å². The van der Waals surface area contributed by atoms with Gasteiger partial charge in [-0.05, 0) is 27.3 Å². The van der Waals surface area contributed by atoms with Crippen LogP contribution in [-0.4, -0.2) is 79.0 Å². The maximum absolute atomic E-state index is 12.3. The lowest BCUT2D eigenvalue weighted by molar-refractivity contribution is -0.149. The highest BCUT2D eigenvalue weighted by Gasteiger charge is 2.33. The van der Waals surface area contributed by atoms with Crippen LogP contribution >= 0.6 is 0 Å². The molecule has 120 valence electrons. The monoisotopic (exact) mass is 297 g/mol. The molecular formula is C13H26F3N3O. The highest BCUT2D eigenvalue weighted by molar-refractivity contribution is 4.87. The van der Waals surface area contributed by atoms with E-state index in [9.17, 15) is 18.3 Å². The molecule has 0 aromatic heterocycles. The van der Waals surface area contributed by atoms with Crippen molar-refractivity contribution in [2.75, 3.05) is 46.4 Å². The zero-order valence-corrected chi connectivity index (χ0v) is 12.5. The van der Waals surface area contributed by atoms with Crippen LogP contribution in [0, 0.1) is 0 Å². The Morgan fingerprint density at radius 2 is 1.75 bits per heavy atom. The van der Waals surface area contributed by atoms with Gasteiger partial charge >= 0.3 is 6.18 Å². The van der Waals surface area contributed by atoms with Crippen molar-refractivity contribution in [3.63, 3.8) is 0 Å². The summed E-state index contributed by atoms with van der Waals surface area (Å²) < 4.78 is 37.0. The third-order valence-corrected chi connectivity index (χ3v) is 4.13. The van der Waals surface area contributed by atoms with Crippen LogP contribution in [0.5, 0.6) is 0 Å². The molecular weight excluding hydrogens is 271 g/mol. The normalized spacial score (nSPS) is 23.6. The largest absolute Gasteiger partial charge is 0.401 e. The molecule has 1 aliphatic rings. The van der Waals surface area contributed by atoms with E-state index in [4.69, 9.17) is 0 Å². The van der Waals surface area contributed by atoms with Gasteiger partial charge in [0.25, 0.3) is 0 Å². The van der Waals surface area contributed by atoms with Crippen molar-refractivity contribution >= 4 is 0 Å². The van der Waals surface area contributed by atoms with Crippen LogP contribution in [0.2, 0.25) is 0 Å². The summed E-state index contributed by atoms with van der Waals surface area (Å²) in [7, 11) is 1.81. The van der Waals surface area contributed by atoms with Gasteiger partial charge in [-0.25, -0.2) is 0 Å². The van der Waals surface area contributed by atoms with E-state index in [0.717, 1.165) is 6.42 Å². The van der Waals surface area contributed by atoms with Crippen LogP contribution in [0.15, 0.2) is 0 Å². The van der Waals surface area contributed by atoms with Crippen molar-refractivity contribution in [3.05, 3.63) is 0 Å². The summed E-state index contributed by atoms with van der Waals surface area (Å²) in [5.41, 5.74) is -0.345. The summed E-state index contributed by atoms with van der Waals surface area (Å²) in [5, 5.41) is 12.5. The van der Waals surface area contributed by atoms with Gasteiger partial charge < -0.3 is 10.4 Å². The third kappa shape index (κ3) is 5.55. The van der Waals surface area contributed by atoms with E-state index < -0.39 is 12.7 Å². The van der Waals surface area contributed by atoms with Crippen molar-refractivity contribution in [2.24, 2.45) is 0 Å². The van der Waals surface area contributed by atoms with Crippen LogP contribution in [0.3, 0.4) is 0 Å². The number of aliphatic hydroxyl groups excluding tert-OH is 1. The number of hydrogen-bond acceptors (Lipinski definition) is 4. The molecule has 0 aliphatic carbocycles. The molecule has 7 heteroatoms. The molecule has 1 heterocycles. The fourth-order valence-electron chi connectivity index (χ4n) is 2.64. The summed E-state index contributed by atoms with van der Waals surface area (Å²) in [6, 6.07) is 0.229. The van der Waals surface area contributed by atoms with Gasteiger partial charge in [0.1, 0.15) is 0 Å². The number of aliphatic hydroxyl groups is 1. The molecule has 0 spiro atoms. The molecule has 2 atom stereocenters. The summed E-state index contributed by atoms with van der Waals surface area (Å²) >= 11 is 0. The summed E-state index contributed by atoms with van der Waals surface area (Å²) in [6.07, 6.45) is -3.35. The van der Waals surface area contributed by atoms with E-state index in [0.29, 0.717) is 26.2 Å². The highest BCUT2D eigenvalue weighted by Crippen LogP contribution is 2.20. The van der Waals surface area contributed by atoms with Gasteiger partial charge in [0.2, 0.25) is 0 Å². The smallest absolute Gasteiger partial charge is 0.394 e. The minimum absolute atomic E-state index is 0.0435. The summed E-state index contributed by atoms with van der Waals surface area (Å²) in [5.74, 6) is 0. The number of rotatable bonds is 6. The van der Waals surface area contributed by atoms with Crippen LogP contribution in [-0.2, 0) is 0 Å². The van der Waals surface area contributed by atoms with E-state index in [2.05, 4.69) is 17.1 Å². The maximum Gasteiger partial charge on any atom is 0.401 e. The number of nitrogens with zero attached hydrogens (tertiary/aromatic N) is 2. The molecule has 1 rings (SSSR count). The molecule has 1 aliphatic heterocycles. The van der Waals surface area contributed by atoms with Gasteiger partial charge in [-0.1, -0.05) is 0 Å². The van der Waals surface area contributed by atoms with Crippen LogP contribution in [0.1, 0.15) is 20.3 Å². The van der Waals surface area contributed by atoms with Gasteiger partial charge in [0, 0.05) is 37.8 Å². The summed E-state index contributed by atoms with van der Waals surface area (Å²) in [4.78, 5) is 3.64. The van der Waals surface area contributed by atoms with Crippen LogP contribution < -0.4 is 5.32 Å². The van der Waals surface area contributed by atoms with Crippen molar-refractivity contribution in [1.82, 2.24) is 15.1 Å². The first-order valence-corrected chi connectivity index (χ1v) is 7.02. The number of alkyl halides is 3. The molecule has 1 fully saturated rings. The highest BCUT2D eigenvalue weighted by atomic mass is 19.4. The Bertz CT molecular complexity index is 287. The molecule has 0 radical (unpaired) electrons. The SMILES string of the molecule is CNC(C)(CO)CC(C)N1CCN(CC(F)(F)F)CC1. The average Bonchev–Trinajstić information content (AvgIpc) is 2.37. The van der Waals surface area contributed by atoms with Gasteiger partial charge in [0.15, 0.2) is 0 Å². The minimum Gasteiger partial charge on any atom is -0.394 e. The predicted octanol–water partition coefficient (Wildman–Crippen LogP) is 0.915. The van der Waals surface area contributed by atoms with Gasteiger partial charge in [-0.3, -0.25) is 9.80 Å². The minimum atomic E-state index is -4.12. The standard InChI is InChI=1S/C13H26F3N3O/c1-11(8-12(2,10-20)17-3)19-6-4-18(5-7-19)9-13(14,15)16/h11,17,20H,4-10H2,1-3H3. The Labute approximate surface area is 118 Å².